The van der Waals surface area contributed by atoms with Crippen LogP contribution < -0.4 is 4.90 Å². The van der Waals surface area contributed by atoms with Gasteiger partial charge in [-0.25, -0.2) is 4.98 Å². The second kappa shape index (κ2) is 6.71. The van der Waals surface area contributed by atoms with Crippen LogP contribution in [-0.4, -0.2) is 51.5 Å². The van der Waals surface area contributed by atoms with E-state index in [0.29, 0.717) is 11.3 Å². The molecule has 1 aliphatic rings. The van der Waals surface area contributed by atoms with Crippen LogP contribution in [0.5, 0.6) is 0 Å². The molecule has 0 aliphatic carbocycles. The molecular formula is C17H20N6O. The molecule has 1 amide bonds. The number of rotatable bonds is 3. The number of amides is 1. The summed E-state index contributed by atoms with van der Waals surface area (Å²) in [4.78, 5) is 24.7. The highest BCUT2D eigenvalue weighted by Crippen LogP contribution is 2.24. The Morgan fingerprint density at radius 1 is 1.33 bits per heavy atom. The van der Waals surface area contributed by atoms with Crippen molar-refractivity contribution in [1.29, 1.82) is 5.26 Å². The Hall–Kier alpha value is -2.88. The molecule has 2 aromatic rings. The van der Waals surface area contributed by atoms with Crippen LogP contribution in [0.2, 0.25) is 0 Å². The van der Waals surface area contributed by atoms with Gasteiger partial charge >= 0.3 is 0 Å². The number of hydrogen-bond acceptors (Lipinski definition) is 5. The Kier molecular flexibility index (Phi) is 4.47. The molecule has 7 nitrogen and oxygen atoms in total. The van der Waals surface area contributed by atoms with E-state index in [1.54, 1.807) is 35.6 Å². The molecule has 3 rings (SSSR count). The van der Waals surface area contributed by atoms with Crippen molar-refractivity contribution < 1.29 is 4.79 Å². The number of aryl methyl sites for hydroxylation is 1. The first-order valence-corrected chi connectivity index (χ1v) is 7.94. The van der Waals surface area contributed by atoms with Gasteiger partial charge in [-0.15, -0.1) is 0 Å². The van der Waals surface area contributed by atoms with Crippen molar-refractivity contribution in [2.24, 2.45) is 7.05 Å². The first-order chi connectivity index (χ1) is 11.6. The van der Waals surface area contributed by atoms with E-state index < -0.39 is 0 Å². The molecule has 0 saturated carbocycles. The number of aromatic nitrogens is 3. The molecule has 0 aromatic carbocycles. The standard InChI is InChI=1S/C17H20N6O/c1-21-12-20-11-16(21)17(24)22(2)14-4-7-23(8-5-14)15-10-19-6-3-13(15)9-18/h3,6,10-12,14H,4-5,7-8H2,1-2H3. The molecule has 124 valence electrons. The average molecular weight is 324 g/mol. The lowest BCUT2D eigenvalue weighted by molar-refractivity contribution is 0.0699. The third-order valence-corrected chi connectivity index (χ3v) is 4.63. The van der Waals surface area contributed by atoms with Crippen molar-refractivity contribution in [2.75, 3.05) is 25.0 Å². The van der Waals surface area contributed by atoms with Gasteiger partial charge in [0.1, 0.15) is 11.8 Å². The molecule has 0 atom stereocenters. The summed E-state index contributed by atoms with van der Waals surface area (Å²) in [5, 5.41) is 9.23. The molecule has 1 fully saturated rings. The summed E-state index contributed by atoms with van der Waals surface area (Å²) >= 11 is 0. The summed E-state index contributed by atoms with van der Waals surface area (Å²) in [6.45, 7) is 1.60. The first kappa shape index (κ1) is 16.0. The molecule has 1 saturated heterocycles. The number of nitrogens with zero attached hydrogens (tertiary/aromatic N) is 6. The second-order valence-electron chi connectivity index (χ2n) is 6.03. The number of anilines is 1. The van der Waals surface area contributed by atoms with Crippen LogP contribution >= 0.6 is 0 Å². The van der Waals surface area contributed by atoms with Gasteiger partial charge in [0.05, 0.1) is 30.0 Å². The third-order valence-electron chi connectivity index (χ3n) is 4.63. The Morgan fingerprint density at radius 3 is 2.71 bits per heavy atom. The largest absolute Gasteiger partial charge is 0.369 e. The number of hydrogen-bond donors (Lipinski definition) is 0. The molecule has 1 aliphatic heterocycles. The zero-order valence-electron chi connectivity index (χ0n) is 13.9. The number of nitriles is 1. The average Bonchev–Trinajstić information content (AvgIpc) is 3.06. The van der Waals surface area contributed by atoms with E-state index >= 15 is 0 Å². The summed E-state index contributed by atoms with van der Waals surface area (Å²) in [7, 11) is 3.67. The molecule has 0 N–H and O–H groups in total. The van der Waals surface area contributed by atoms with Crippen molar-refractivity contribution in [3.63, 3.8) is 0 Å². The normalized spacial score (nSPS) is 15.1. The van der Waals surface area contributed by atoms with Crippen molar-refractivity contribution in [3.8, 4) is 6.07 Å². The predicted octanol–water partition coefficient (Wildman–Crippen LogP) is 1.43. The van der Waals surface area contributed by atoms with Crippen LogP contribution in [0.1, 0.15) is 28.9 Å². The van der Waals surface area contributed by atoms with Crippen LogP contribution in [-0.2, 0) is 7.05 Å². The fourth-order valence-corrected chi connectivity index (χ4v) is 3.14. The van der Waals surface area contributed by atoms with Gasteiger partial charge in [-0.3, -0.25) is 9.78 Å². The van der Waals surface area contributed by atoms with E-state index in [1.165, 1.54) is 0 Å². The quantitative estimate of drug-likeness (QED) is 0.853. The van der Waals surface area contributed by atoms with E-state index in [1.807, 2.05) is 19.0 Å². The van der Waals surface area contributed by atoms with Gasteiger partial charge in [0.15, 0.2) is 0 Å². The Morgan fingerprint density at radius 2 is 2.08 bits per heavy atom. The number of imidazole rings is 1. The number of piperidine rings is 1. The lowest BCUT2D eigenvalue weighted by atomic mass is 10.0. The van der Waals surface area contributed by atoms with Crippen molar-refractivity contribution in [2.45, 2.75) is 18.9 Å². The van der Waals surface area contributed by atoms with E-state index in [2.05, 4.69) is 20.9 Å². The number of carbonyl (C=O) groups is 1. The summed E-state index contributed by atoms with van der Waals surface area (Å²) < 4.78 is 1.74. The maximum Gasteiger partial charge on any atom is 0.272 e. The van der Waals surface area contributed by atoms with Gasteiger partial charge in [-0.1, -0.05) is 0 Å². The Balaban J connectivity index is 1.66. The lowest BCUT2D eigenvalue weighted by Crippen LogP contribution is -2.46. The van der Waals surface area contributed by atoms with E-state index in [-0.39, 0.29) is 11.9 Å². The van der Waals surface area contributed by atoms with E-state index in [0.717, 1.165) is 31.6 Å². The predicted molar refractivity (Wildman–Crippen MR) is 89.5 cm³/mol. The van der Waals surface area contributed by atoms with Gasteiger partial charge in [-0.2, -0.15) is 5.26 Å². The van der Waals surface area contributed by atoms with Crippen molar-refractivity contribution >= 4 is 11.6 Å². The lowest BCUT2D eigenvalue weighted by Gasteiger charge is -2.37. The first-order valence-electron chi connectivity index (χ1n) is 7.94. The minimum Gasteiger partial charge on any atom is -0.369 e. The SMILES string of the molecule is CN(C(=O)c1cncn1C)C1CCN(c2cnccc2C#N)CC1. The minimum absolute atomic E-state index is 0.00691. The van der Waals surface area contributed by atoms with Gasteiger partial charge in [-0.05, 0) is 18.9 Å². The van der Waals surface area contributed by atoms with Crippen molar-refractivity contribution in [1.82, 2.24) is 19.4 Å². The molecule has 0 bridgehead atoms. The van der Waals surface area contributed by atoms with Crippen LogP contribution in [0.3, 0.4) is 0 Å². The molecule has 0 unspecified atom stereocenters. The molecule has 0 spiro atoms. The van der Waals surface area contributed by atoms with Gasteiger partial charge in [0.2, 0.25) is 0 Å². The van der Waals surface area contributed by atoms with Crippen LogP contribution in [0.15, 0.2) is 31.0 Å². The molecule has 24 heavy (non-hydrogen) atoms. The highest BCUT2D eigenvalue weighted by Gasteiger charge is 2.28. The zero-order chi connectivity index (χ0) is 17.1. The zero-order valence-corrected chi connectivity index (χ0v) is 13.9. The Labute approximate surface area is 141 Å². The fraction of sp³-hybridized carbons (Fsp3) is 0.412. The highest BCUT2D eigenvalue weighted by molar-refractivity contribution is 5.92. The summed E-state index contributed by atoms with van der Waals surface area (Å²) in [5.41, 5.74) is 2.11. The molecule has 0 radical (unpaired) electrons. The topological polar surface area (TPSA) is 78.1 Å². The van der Waals surface area contributed by atoms with Gasteiger partial charge in [0, 0.05) is 39.4 Å². The minimum atomic E-state index is -0.00691. The summed E-state index contributed by atoms with van der Waals surface area (Å²) in [6, 6.07) is 4.14. The fourth-order valence-electron chi connectivity index (χ4n) is 3.14. The van der Waals surface area contributed by atoms with Gasteiger partial charge < -0.3 is 14.4 Å². The highest BCUT2D eigenvalue weighted by atomic mass is 16.2. The third kappa shape index (κ3) is 2.95. The maximum absolute atomic E-state index is 12.6. The van der Waals surface area contributed by atoms with Crippen LogP contribution in [0, 0.1) is 11.3 Å². The van der Waals surface area contributed by atoms with E-state index in [9.17, 15) is 10.1 Å². The smallest absolute Gasteiger partial charge is 0.272 e. The number of pyridine rings is 1. The Bertz CT molecular complexity index is 769. The van der Waals surface area contributed by atoms with Crippen LogP contribution in [0.4, 0.5) is 5.69 Å². The number of carbonyl (C=O) groups excluding carboxylic acids is 1. The second-order valence-corrected chi connectivity index (χ2v) is 6.03. The maximum atomic E-state index is 12.6. The van der Waals surface area contributed by atoms with Crippen LogP contribution in [0.25, 0.3) is 0 Å². The van der Waals surface area contributed by atoms with E-state index in [4.69, 9.17) is 0 Å². The van der Waals surface area contributed by atoms with Crippen molar-refractivity contribution in [3.05, 3.63) is 42.2 Å². The molecule has 7 heteroatoms. The molecular weight excluding hydrogens is 304 g/mol. The molecule has 2 aromatic heterocycles. The summed E-state index contributed by atoms with van der Waals surface area (Å²) in [6.07, 6.45) is 8.33. The summed E-state index contributed by atoms with van der Waals surface area (Å²) in [5.74, 6) is -0.00691. The monoisotopic (exact) mass is 324 g/mol. The van der Waals surface area contributed by atoms with Gasteiger partial charge in [0.25, 0.3) is 5.91 Å². The molecule has 3 heterocycles.